The second-order valence-electron chi connectivity index (χ2n) is 11.4. The van der Waals surface area contributed by atoms with E-state index in [1.165, 1.54) is 18.4 Å². The maximum absolute atomic E-state index is 12.3. The van der Waals surface area contributed by atoms with Crippen molar-refractivity contribution in [1.29, 1.82) is 5.26 Å². The first-order valence-corrected chi connectivity index (χ1v) is 13.0. The van der Waals surface area contributed by atoms with Gasteiger partial charge in [-0.2, -0.15) is 5.26 Å². The van der Waals surface area contributed by atoms with Crippen LogP contribution < -0.4 is 10.6 Å². The Morgan fingerprint density at radius 1 is 1.09 bits per heavy atom. The molecule has 0 aromatic heterocycles. The van der Waals surface area contributed by atoms with E-state index < -0.39 is 6.09 Å². The van der Waals surface area contributed by atoms with Crippen LogP contribution in [0.2, 0.25) is 0 Å². The zero-order valence-electron chi connectivity index (χ0n) is 20.8. The largest absolute Gasteiger partial charge is 0.446 e. The molecule has 2 N–H and O–H groups in total. The molecule has 34 heavy (non-hydrogen) atoms. The lowest BCUT2D eigenvalue weighted by atomic mass is 9.47. The maximum atomic E-state index is 12.3. The summed E-state index contributed by atoms with van der Waals surface area (Å²) in [6.45, 7) is 7.14. The van der Waals surface area contributed by atoms with Gasteiger partial charge < -0.3 is 15.4 Å². The second-order valence-corrected chi connectivity index (χ2v) is 11.4. The standard InChI is InChI=1S/C27H39N3O4/c1-17(31)21-6-7-22-20-5-4-18-16-19(34-25(33)30-15-14-29-24(32)10-13-28)8-11-26(18,2)23(20)9-12-27(21,22)3/h4,19-23H,5-12,14-16H2,1-3H3,(H,29,32)(H,30,33)/t19-,20-,21+,22-,23-,26-,27+/m0/s1. The van der Waals surface area contributed by atoms with E-state index in [0.717, 1.165) is 38.5 Å². The first-order chi connectivity index (χ1) is 16.2. The Morgan fingerprint density at radius 3 is 2.59 bits per heavy atom. The number of fused-ring (bicyclic) bond motifs is 5. The Kier molecular flexibility index (Phi) is 7.07. The highest BCUT2D eigenvalue weighted by Crippen LogP contribution is 2.66. The van der Waals surface area contributed by atoms with Gasteiger partial charge in [0.1, 0.15) is 18.3 Å². The predicted molar refractivity (Wildman–Crippen MR) is 127 cm³/mol. The summed E-state index contributed by atoms with van der Waals surface area (Å²) in [5.41, 5.74) is 1.78. The van der Waals surface area contributed by atoms with Crippen LogP contribution in [0.15, 0.2) is 11.6 Å². The number of Topliss-reactive ketones (excluding diaryl/α,β-unsaturated/α-hetero) is 1. The van der Waals surface area contributed by atoms with E-state index in [2.05, 4.69) is 30.6 Å². The van der Waals surface area contributed by atoms with Crippen molar-refractivity contribution >= 4 is 17.8 Å². The molecule has 4 aliphatic carbocycles. The Morgan fingerprint density at radius 2 is 1.85 bits per heavy atom. The van der Waals surface area contributed by atoms with Crippen molar-refractivity contribution in [2.24, 2.45) is 34.5 Å². The van der Waals surface area contributed by atoms with E-state index in [0.29, 0.717) is 23.5 Å². The normalized spacial score (nSPS) is 38.3. The SMILES string of the molecule is CC(=O)[C@H]1CC[C@H]2[C@@H]3CC=C4C[C@@H](OC(=O)NCCNC(=O)CC#N)CC[C@]4(C)[C@H]3CC[C@]12C. The smallest absolute Gasteiger partial charge is 0.407 e. The van der Waals surface area contributed by atoms with Gasteiger partial charge in [-0.25, -0.2) is 4.79 Å². The molecule has 0 bridgehead atoms. The minimum absolute atomic E-state index is 0.119. The lowest BCUT2D eigenvalue weighted by Gasteiger charge is -2.58. The van der Waals surface area contributed by atoms with Gasteiger partial charge in [0.2, 0.25) is 5.91 Å². The average molecular weight is 470 g/mol. The minimum atomic E-state index is -0.452. The molecule has 0 spiro atoms. The third kappa shape index (κ3) is 4.48. The third-order valence-electron chi connectivity index (χ3n) is 9.78. The van der Waals surface area contributed by atoms with Crippen molar-refractivity contribution in [3.63, 3.8) is 0 Å². The fraction of sp³-hybridized carbons (Fsp3) is 0.778. The number of hydrogen-bond acceptors (Lipinski definition) is 5. The lowest BCUT2D eigenvalue weighted by Crippen LogP contribution is -2.51. The Bertz CT molecular complexity index is 908. The van der Waals surface area contributed by atoms with E-state index >= 15 is 0 Å². The number of carbonyl (C=O) groups excluding carboxylic acids is 3. The lowest BCUT2D eigenvalue weighted by molar-refractivity contribution is -0.127. The van der Waals surface area contributed by atoms with Crippen LogP contribution >= 0.6 is 0 Å². The molecule has 0 radical (unpaired) electrons. The molecule has 7 atom stereocenters. The van der Waals surface area contributed by atoms with Gasteiger partial charge in [0, 0.05) is 25.4 Å². The van der Waals surface area contributed by atoms with Crippen molar-refractivity contribution in [2.75, 3.05) is 13.1 Å². The van der Waals surface area contributed by atoms with Gasteiger partial charge in [-0.3, -0.25) is 9.59 Å². The molecular weight excluding hydrogens is 430 g/mol. The molecule has 2 amide bonds. The second kappa shape index (κ2) is 9.71. The Hall–Kier alpha value is -2.36. The summed E-state index contributed by atoms with van der Waals surface area (Å²) < 4.78 is 5.71. The number of amides is 2. The number of ether oxygens (including phenoxy) is 1. The van der Waals surface area contributed by atoms with E-state index in [1.807, 2.05) is 0 Å². The Labute approximate surface area is 203 Å². The van der Waals surface area contributed by atoms with Crippen LogP contribution in [0.25, 0.3) is 0 Å². The monoisotopic (exact) mass is 469 g/mol. The highest BCUT2D eigenvalue weighted by Gasteiger charge is 2.59. The van der Waals surface area contributed by atoms with Crippen molar-refractivity contribution in [3.8, 4) is 6.07 Å². The summed E-state index contributed by atoms with van der Waals surface area (Å²) in [5.74, 6) is 2.23. The molecule has 0 aliphatic heterocycles. The van der Waals surface area contributed by atoms with E-state index in [1.54, 1.807) is 13.0 Å². The first-order valence-electron chi connectivity index (χ1n) is 13.0. The molecule has 0 unspecified atom stereocenters. The molecule has 0 aromatic carbocycles. The fourth-order valence-corrected chi connectivity index (χ4v) is 8.09. The van der Waals surface area contributed by atoms with Crippen molar-refractivity contribution in [3.05, 3.63) is 11.6 Å². The third-order valence-corrected chi connectivity index (χ3v) is 9.78. The molecule has 7 nitrogen and oxygen atoms in total. The number of hydrogen-bond donors (Lipinski definition) is 2. The number of carbonyl (C=O) groups is 3. The Balaban J connectivity index is 1.33. The molecule has 186 valence electrons. The van der Waals surface area contributed by atoms with E-state index in [4.69, 9.17) is 10.00 Å². The van der Waals surface area contributed by atoms with Crippen LogP contribution in [-0.2, 0) is 14.3 Å². The number of nitriles is 1. The molecule has 3 fully saturated rings. The number of allylic oxidation sites excluding steroid dienone is 1. The molecule has 3 saturated carbocycles. The minimum Gasteiger partial charge on any atom is -0.446 e. The van der Waals surface area contributed by atoms with E-state index in [9.17, 15) is 14.4 Å². The van der Waals surface area contributed by atoms with Gasteiger partial charge in [-0.15, -0.1) is 0 Å². The molecule has 0 heterocycles. The summed E-state index contributed by atoms with van der Waals surface area (Å²) in [7, 11) is 0. The summed E-state index contributed by atoms with van der Waals surface area (Å²) in [4.78, 5) is 35.9. The van der Waals surface area contributed by atoms with Crippen LogP contribution in [-0.4, -0.2) is 37.0 Å². The van der Waals surface area contributed by atoms with Gasteiger partial charge in [-0.1, -0.05) is 25.5 Å². The van der Waals surface area contributed by atoms with Gasteiger partial charge in [0.15, 0.2) is 0 Å². The highest BCUT2D eigenvalue weighted by molar-refractivity contribution is 5.79. The van der Waals surface area contributed by atoms with Crippen molar-refractivity contribution in [1.82, 2.24) is 10.6 Å². The van der Waals surface area contributed by atoms with Crippen LogP contribution in [0.4, 0.5) is 4.79 Å². The van der Waals surface area contributed by atoms with Gasteiger partial charge in [0.05, 0.1) is 6.07 Å². The fourth-order valence-electron chi connectivity index (χ4n) is 8.09. The van der Waals surface area contributed by atoms with Crippen molar-refractivity contribution < 1.29 is 19.1 Å². The topological polar surface area (TPSA) is 108 Å². The number of ketones is 1. The molecule has 7 heteroatoms. The van der Waals surface area contributed by atoms with Gasteiger partial charge in [-0.05, 0) is 80.5 Å². The quantitative estimate of drug-likeness (QED) is 0.446. The molecular formula is C27H39N3O4. The number of nitrogens with one attached hydrogen (secondary N) is 2. The van der Waals surface area contributed by atoms with Crippen LogP contribution in [0.3, 0.4) is 0 Å². The van der Waals surface area contributed by atoms with Gasteiger partial charge in [0.25, 0.3) is 0 Å². The zero-order chi connectivity index (χ0) is 24.5. The predicted octanol–water partition coefficient (Wildman–Crippen LogP) is 4.28. The van der Waals surface area contributed by atoms with Crippen LogP contribution in [0.1, 0.15) is 78.6 Å². The number of alkyl carbamates (subject to hydrolysis) is 1. The summed E-state index contributed by atoms with van der Waals surface area (Å²) in [6.07, 6.45) is 10.0. The average Bonchev–Trinajstić information content (AvgIpc) is 3.15. The molecule has 4 rings (SSSR count). The van der Waals surface area contributed by atoms with Gasteiger partial charge >= 0.3 is 6.09 Å². The summed E-state index contributed by atoms with van der Waals surface area (Å²) in [5, 5.41) is 13.8. The molecule has 4 aliphatic rings. The summed E-state index contributed by atoms with van der Waals surface area (Å²) >= 11 is 0. The molecule has 0 saturated heterocycles. The van der Waals surface area contributed by atoms with Crippen LogP contribution in [0.5, 0.6) is 0 Å². The molecule has 0 aromatic rings. The van der Waals surface area contributed by atoms with E-state index in [-0.39, 0.29) is 48.3 Å². The highest BCUT2D eigenvalue weighted by atomic mass is 16.6. The first kappa shape index (κ1) is 24.8. The summed E-state index contributed by atoms with van der Waals surface area (Å²) in [6, 6.07) is 1.79. The number of rotatable bonds is 6. The maximum Gasteiger partial charge on any atom is 0.407 e. The number of nitrogens with zero attached hydrogens (tertiary/aromatic N) is 1. The zero-order valence-corrected chi connectivity index (χ0v) is 20.8. The van der Waals surface area contributed by atoms with Crippen molar-refractivity contribution in [2.45, 2.75) is 84.7 Å². The van der Waals surface area contributed by atoms with Crippen LogP contribution in [0, 0.1) is 45.8 Å².